The van der Waals surface area contributed by atoms with Gasteiger partial charge < -0.3 is 14.8 Å². The predicted octanol–water partition coefficient (Wildman–Crippen LogP) is 1.84. The summed E-state index contributed by atoms with van der Waals surface area (Å²) in [4.78, 5) is 32.1. The van der Waals surface area contributed by atoms with Crippen LogP contribution in [0.5, 0.6) is 0 Å². The van der Waals surface area contributed by atoms with Crippen molar-refractivity contribution in [3.05, 3.63) is 71.7 Å². The molecule has 9 nitrogen and oxygen atoms in total. The molecule has 0 fully saturated rings. The lowest BCUT2D eigenvalue weighted by Gasteiger charge is -2.34. The van der Waals surface area contributed by atoms with Crippen LogP contribution in [0.25, 0.3) is 5.52 Å². The Kier molecular flexibility index (Phi) is 4.19. The van der Waals surface area contributed by atoms with Crippen molar-refractivity contribution in [2.75, 3.05) is 25.5 Å². The smallest absolute Gasteiger partial charge is 0.273 e. The number of rotatable bonds is 3. The first kappa shape index (κ1) is 18.2. The fraction of sp³-hybridized carbons (Fsp3) is 0.250. The molecule has 1 aliphatic heterocycles. The van der Waals surface area contributed by atoms with Crippen LogP contribution in [-0.4, -0.2) is 61.0 Å². The molecule has 5 rings (SSSR count). The standard InChI is InChI=1S/C20H19FN8O/c1-27(2)20(30)15-9-23-17(10-22-15)28-7-5-13-18(25-11-24-13)19(28)14-8-16-12(21)4-3-6-29(16)26-14/h3-4,6,8-11,19H,5,7H2,1-2H3,(H,24,25)/t19-/m1/s1. The van der Waals surface area contributed by atoms with E-state index in [2.05, 4.69) is 25.0 Å². The number of nitrogens with one attached hydrogen (secondary N) is 1. The fourth-order valence-electron chi connectivity index (χ4n) is 3.77. The summed E-state index contributed by atoms with van der Waals surface area (Å²) >= 11 is 0. The predicted molar refractivity (Wildman–Crippen MR) is 107 cm³/mol. The number of hydrogen-bond donors (Lipinski definition) is 1. The lowest BCUT2D eigenvalue weighted by Crippen LogP contribution is -2.37. The number of aromatic nitrogens is 6. The maximum Gasteiger partial charge on any atom is 0.273 e. The summed E-state index contributed by atoms with van der Waals surface area (Å²) in [7, 11) is 3.33. The lowest BCUT2D eigenvalue weighted by atomic mass is 10.00. The normalized spacial score (nSPS) is 16.0. The number of fused-ring (bicyclic) bond motifs is 2. The highest BCUT2D eigenvalue weighted by molar-refractivity contribution is 5.91. The second-order valence-electron chi connectivity index (χ2n) is 7.33. The van der Waals surface area contributed by atoms with Crippen molar-refractivity contribution in [3.63, 3.8) is 0 Å². The van der Waals surface area contributed by atoms with Gasteiger partial charge in [0, 0.05) is 39.0 Å². The van der Waals surface area contributed by atoms with E-state index in [-0.39, 0.29) is 23.5 Å². The SMILES string of the molecule is CN(C)C(=O)c1cnc(N2CCc3[nH]cnc3[C@H]2c2cc3c(F)cccn3n2)cn1. The van der Waals surface area contributed by atoms with Gasteiger partial charge in [-0.25, -0.2) is 23.9 Å². The molecule has 0 spiro atoms. The third kappa shape index (κ3) is 2.88. The zero-order chi connectivity index (χ0) is 20.8. The first-order chi connectivity index (χ1) is 14.5. The van der Waals surface area contributed by atoms with E-state index < -0.39 is 0 Å². The van der Waals surface area contributed by atoms with Crippen molar-refractivity contribution in [1.29, 1.82) is 0 Å². The Bertz CT molecular complexity index is 1230. The van der Waals surface area contributed by atoms with Gasteiger partial charge in [0.2, 0.25) is 0 Å². The van der Waals surface area contributed by atoms with E-state index in [1.807, 2.05) is 4.90 Å². The number of anilines is 1. The summed E-state index contributed by atoms with van der Waals surface area (Å²) in [5, 5.41) is 4.59. The molecule has 0 saturated heterocycles. The molecule has 0 unspecified atom stereocenters. The highest BCUT2D eigenvalue weighted by Gasteiger charge is 2.34. The summed E-state index contributed by atoms with van der Waals surface area (Å²) < 4.78 is 15.8. The monoisotopic (exact) mass is 406 g/mol. The molecule has 0 aromatic carbocycles. The average Bonchev–Trinajstić information content (AvgIpc) is 3.40. The van der Waals surface area contributed by atoms with E-state index in [1.54, 1.807) is 44.9 Å². The lowest BCUT2D eigenvalue weighted by molar-refractivity contribution is 0.0821. The van der Waals surface area contributed by atoms with Gasteiger partial charge in [-0.15, -0.1) is 0 Å². The van der Waals surface area contributed by atoms with E-state index in [0.29, 0.717) is 23.6 Å². The number of carbonyl (C=O) groups excluding carboxylic acids is 1. The number of H-pyrrole nitrogens is 1. The van der Waals surface area contributed by atoms with Crippen molar-refractivity contribution in [2.45, 2.75) is 12.5 Å². The molecule has 1 N–H and O–H groups in total. The molecule has 152 valence electrons. The van der Waals surface area contributed by atoms with Crippen LogP contribution in [-0.2, 0) is 6.42 Å². The molecule has 1 amide bonds. The molecular weight excluding hydrogens is 387 g/mol. The number of imidazole rings is 1. The van der Waals surface area contributed by atoms with Crippen molar-refractivity contribution in [1.82, 2.24) is 34.4 Å². The summed E-state index contributed by atoms with van der Waals surface area (Å²) in [6.07, 6.45) is 7.16. The molecule has 1 aliphatic rings. The summed E-state index contributed by atoms with van der Waals surface area (Å²) in [6, 6.07) is 4.40. The number of pyridine rings is 1. The van der Waals surface area contributed by atoms with Crippen molar-refractivity contribution < 1.29 is 9.18 Å². The second-order valence-corrected chi connectivity index (χ2v) is 7.33. The van der Waals surface area contributed by atoms with Gasteiger partial charge in [0.15, 0.2) is 0 Å². The first-order valence-corrected chi connectivity index (χ1v) is 9.49. The van der Waals surface area contributed by atoms with Crippen LogP contribution in [0.2, 0.25) is 0 Å². The molecule has 0 aliphatic carbocycles. The van der Waals surface area contributed by atoms with E-state index in [9.17, 15) is 9.18 Å². The zero-order valence-corrected chi connectivity index (χ0v) is 16.4. The van der Waals surface area contributed by atoms with Crippen LogP contribution in [0.3, 0.4) is 0 Å². The fourth-order valence-corrected chi connectivity index (χ4v) is 3.77. The number of hydrogen-bond acceptors (Lipinski definition) is 6. The number of amides is 1. The minimum atomic E-state index is -0.357. The van der Waals surface area contributed by atoms with Crippen LogP contribution in [0.1, 0.15) is 33.6 Å². The van der Waals surface area contributed by atoms with Gasteiger partial charge in [0.25, 0.3) is 5.91 Å². The summed E-state index contributed by atoms with van der Waals surface area (Å²) in [5.41, 5.74) is 3.16. The van der Waals surface area contributed by atoms with E-state index in [1.165, 1.54) is 21.7 Å². The Morgan fingerprint density at radius 2 is 2.13 bits per heavy atom. The number of halogens is 1. The Morgan fingerprint density at radius 3 is 2.87 bits per heavy atom. The Hall–Kier alpha value is -3.82. The van der Waals surface area contributed by atoms with Crippen LogP contribution < -0.4 is 4.90 Å². The van der Waals surface area contributed by atoms with E-state index >= 15 is 0 Å². The van der Waals surface area contributed by atoms with E-state index in [4.69, 9.17) is 0 Å². The third-order valence-corrected chi connectivity index (χ3v) is 5.23. The molecular formula is C20H19FN8O. The maximum atomic E-state index is 14.3. The molecule has 5 heterocycles. The van der Waals surface area contributed by atoms with Crippen LogP contribution in [0.15, 0.2) is 43.1 Å². The van der Waals surface area contributed by atoms with Crippen LogP contribution in [0.4, 0.5) is 10.2 Å². The quantitative estimate of drug-likeness (QED) is 0.558. The molecule has 0 bridgehead atoms. The molecule has 4 aromatic rings. The number of nitrogens with zero attached hydrogens (tertiary/aromatic N) is 7. The zero-order valence-electron chi connectivity index (χ0n) is 16.4. The Morgan fingerprint density at radius 1 is 1.27 bits per heavy atom. The Labute approximate surface area is 171 Å². The van der Waals surface area contributed by atoms with Gasteiger partial charge in [-0.3, -0.25) is 4.79 Å². The van der Waals surface area contributed by atoms with Gasteiger partial charge in [-0.05, 0) is 18.2 Å². The molecule has 4 aromatic heterocycles. The van der Waals surface area contributed by atoms with Crippen molar-refractivity contribution >= 4 is 17.2 Å². The van der Waals surface area contributed by atoms with Crippen LogP contribution >= 0.6 is 0 Å². The molecule has 10 heteroatoms. The minimum Gasteiger partial charge on any atom is -0.348 e. The van der Waals surface area contributed by atoms with Gasteiger partial charge in [-0.1, -0.05) is 0 Å². The highest BCUT2D eigenvalue weighted by atomic mass is 19.1. The van der Waals surface area contributed by atoms with Gasteiger partial charge in [0.05, 0.1) is 30.1 Å². The topological polar surface area (TPSA) is 95.3 Å². The maximum absolute atomic E-state index is 14.3. The van der Waals surface area contributed by atoms with Crippen molar-refractivity contribution in [2.24, 2.45) is 0 Å². The van der Waals surface area contributed by atoms with Gasteiger partial charge in [-0.2, -0.15) is 5.10 Å². The molecule has 0 saturated carbocycles. The Balaban J connectivity index is 1.58. The summed E-state index contributed by atoms with van der Waals surface area (Å²) in [5.74, 6) is 0.0448. The summed E-state index contributed by atoms with van der Waals surface area (Å²) in [6.45, 7) is 0.645. The molecule has 1 atom stereocenters. The van der Waals surface area contributed by atoms with Crippen LogP contribution in [0, 0.1) is 5.82 Å². The largest absolute Gasteiger partial charge is 0.348 e. The second kappa shape index (κ2) is 6.90. The average molecular weight is 406 g/mol. The number of carbonyl (C=O) groups is 1. The highest BCUT2D eigenvalue weighted by Crippen LogP contribution is 2.35. The van der Waals surface area contributed by atoms with E-state index in [0.717, 1.165) is 17.8 Å². The van der Waals surface area contributed by atoms with Crippen molar-refractivity contribution in [3.8, 4) is 0 Å². The third-order valence-electron chi connectivity index (χ3n) is 5.23. The molecule has 0 radical (unpaired) electrons. The van der Waals surface area contributed by atoms with Gasteiger partial charge in [0.1, 0.15) is 28.9 Å². The number of aromatic amines is 1. The first-order valence-electron chi connectivity index (χ1n) is 9.49. The van der Waals surface area contributed by atoms with Gasteiger partial charge >= 0.3 is 0 Å². The minimum absolute atomic E-state index is 0.213. The molecule has 30 heavy (non-hydrogen) atoms.